The molecule has 0 saturated carbocycles. The van der Waals surface area contributed by atoms with Crippen molar-refractivity contribution in [1.82, 2.24) is 4.98 Å². The summed E-state index contributed by atoms with van der Waals surface area (Å²) in [6, 6.07) is 8.27. The van der Waals surface area contributed by atoms with E-state index in [1.165, 1.54) is 10.9 Å². The summed E-state index contributed by atoms with van der Waals surface area (Å²) in [5.74, 6) is -1.41. The molecular weight excluding hydrogens is 322 g/mol. The maximum absolute atomic E-state index is 9.55. The Morgan fingerprint density at radius 1 is 1.16 bits per heavy atom. The molecule has 0 amide bonds. The van der Waals surface area contributed by atoms with Crippen LogP contribution in [0.5, 0.6) is 0 Å². The Morgan fingerprint density at radius 3 is 2.48 bits per heavy atom. The van der Waals surface area contributed by atoms with E-state index in [-0.39, 0.29) is 0 Å². The lowest BCUT2D eigenvalue weighted by Crippen LogP contribution is -2.09. The Labute approximate surface area is 144 Å². The molecule has 7 nitrogen and oxygen atoms in total. The Kier molecular flexibility index (Phi) is 6.22. The number of carboxylic acids is 2. The van der Waals surface area contributed by atoms with Crippen molar-refractivity contribution in [1.29, 1.82) is 0 Å². The van der Waals surface area contributed by atoms with Crippen LogP contribution < -0.4 is 5.32 Å². The molecule has 7 heteroatoms. The number of benzene rings is 1. The number of rotatable bonds is 3. The molecule has 0 atom stereocenters. The highest BCUT2D eigenvalue weighted by atomic mass is 16.4. The maximum Gasteiger partial charge on any atom is 0.328 e. The summed E-state index contributed by atoms with van der Waals surface area (Å²) in [5.41, 5.74) is 3.38. The first-order valence-electron chi connectivity index (χ1n) is 7.76. The van der Waals surface area contributed by atoms with Gasteiger partial charge in [-0.1, -0.05) is 12.1 Å². The van der Waals surface area contributed by atoms with Crippen molar-refractivity contribution in [2.45, 2.75) is 19.8 Å². The van der Waals surface area contributed by atoms with E-state index in [0.717, 1.165) is 36.4 Å². The number of aromatic nitrogens is 1. The van der Waals surface area contributed by atoms with Gasteiger partial charge in [0.05, 0.1) is 5.52 Å². The Morgan fingerprint density at radius 2 is 1.88 bits per heavy atom. The highest BCUT2D eigenvalue weighted by Crippen LogP contribution is 2.24. The van der Waals surface area contributed by atoms with Crippen molar-refractivity contribution in [2.24, 2.45) is 4.99 Å². The van der Waals surface area contributed by atoms with Crippen molar-refractivity contribution < 1.29 is 19.8 Å². The minimum Gasteiger partial charge on any atom is -0.478 e. The number of nitrogens with zero attached hydrogens (tertiary/aromatic N) is 2. The zero-order chi connectivity index (χ0) is 18.2. The second kappa shape index (κ2) is 8.58. The van der Waals surface area contributed by atoms with E-state index in [1.807, 2.05) is 12.3 Å². The molecule has 1 aromatic carbocycles. The van der Waals surface area contributed by atoms with Gasteiger partial charge in [0.25, 0.3) is 0 Å². The molecule has 0 fully saturated rings. The van der Waals surface area contributed by atoms with Crippen LogP contribution in [0.4, 0.5) is 5.69 Å². The van der Waals surface area contributed by atoms with Gasteiger partial charge in [-0.3, -0.25) is 9.98 Å². The summed E-state index contributed by atoms with van der Waals surface area (Å²) in [5, 5.41) is 20.2. The van der Waals surface area contributed by atoms with Gasteiger partial charge in [-0.2, -0.15) is 0 Å². The number of nitrogens with one attached hydrogen (secondary N) is 1. The first-order valence-corrected chi connectivity index (χ1v) is 7.76. The monoisotopic (exact) mass is 341 g/mol. The second-order valence-corrected chi connectivity index (χ2v) is 5.38. The first-order chi connectivity index (χ1) is 12.0. The lowest BCUT2D eigenvalue weighted by atomic mass is 10.1. The quantitative estimate of drug-likeness (QED) is 0.740. The average molecular weight is 341 g/mol. The van der Waals surface area contributed by atoms with Gasteiger partial charge in [-0.15, -0.1) is 0 Å². The number of amidine groups is 1. The Balaban J connectivity index is 0.000000242. The van der Waals surface area contributed by atoms with Gasteiger partial charge in [-0.05, 0) is 31.0 Å². The number of anilines is 1. The number of carboxylic acid groups (broad SMARTS) is 2. The number of aryl methyl sites for hydroxylation is 1. The Bertz CT molecular complexity index is 827. The fourth-order valence-electron chi connectivity index (χ4n) is 2.37. The third kappa shape index (κ3) is 5.42. The summed E-state index contributed by atoms with van der Waals surface area (Å²) < 4.78 is 0. The molecule has 2 aromatic rings. The molecule has 0 radical (unpaired) electrons. The van der Waals surface area contributed by atoms with E-state index < -0.39 is 11.9 Å². The topological polar surface area (TPSA) is 112 Å². The zero-order valence-corrected chi connectivity index (χ0v) is 13.8. The second-order valence-electron chi connectivity index (χ2n) is 5.38. The highest BCUT2D eigenvalue weighted by molar-refractivity contribution is 5.99. The van der Waals surface area contributed by atoms with Crippen LogP contribution >= 0.6 is 0 Å². The molecule has 1 aliphatic rings. The predicted molar refractivity (Wildman–Crippen MR) is 96.1 cm³/mol. The van der Waals surface area contributed by atoms with E-state index in [9.17, 15) is 9.59 Å². The standard InChI is InChI=1S/C14H15N3.C4H4O4/c1-10-12(17-13-5-3-8-15-13)7-6-11-4-2-9-16-14(10)11;5-3(6)1-2-4(7)8/h2,4,6-7,9H,3,5,8H2,1H3,(H,15,17);1-2H,(H,5,6)(H,7,8)/b;2-1+. The van der Waals surface area contributed by atoms with Crippen LogP contribution in [-0.4, -0.2) is 39.5 Å². The number of aliphatic carboxylic acids is 2. The zero-order valence-electron chi connectivity index (χ0n) is 13.8. The summed E-state index contributed by atoms with van der Waals surface area (Å²) in [4.78, 5) is 28.0. The minimum absolute atomic E-state index is 0.558. The molecule has 0 aliphatic carbocycles. The molecule has 1 aliphatic heterocycles. The Hall–Kier alpha value is -3.22. The molecule has 0 spiro atoms. The maximum atomic E-state index is 9.55. The van der Waals surface area contributed by atoms with Gasteiger partial charge < -0.3 is 15.5 Å². The van der Waals surface area contributed by atoms with Crippen molar-refractivity contribution in [3.8, 4) is 0 Å². The van der Waals surface area contributed by atoms with Crippen molar-refractivity contribution in [2.75, 3.05) is 11.9 Å². The number of fused-ring (bicyclic) bond motifs is 1. The lowest BCUT2D eigenvalue weighted by Gasteiger charge is -2.10. The van der Waals surface area contributed by atoms with E-state index in [1.54, 1.807) is 0 Å². The van der Waals surface area contributed by atoms with Crippen LogP contribution in [0.1, 0.15) is 18.4 Å². The largest absolute Gasteiger partial charge is 0.478 e. The van der Waals surface area contributed by atoms with Gasteiger partial charge in [0.1, 0.15) is 5.84 Å². The minimum atomic E-state index is -1.26. The van der Waals surface area contributed by atoms with Crippen LogP contribution in [-0.2, 0) is 9.59 Å². The fraction of sp³-hybridized carbons (Fsp3) is 0.222. The number of hydrogen-bond donors (Lipinski definition) is 3. The predicted octanol–water partition coefficient (Wildman–Crippen LogP) is 2.86. The molecule has 0 bridgehead atoms. The van der Waals surface area contributed by atoms with Gasteiger partial charge >= 0.3 is 11.9 Å². The van der Waals surface area contributed by atoms with Crippen molar-refractivity contribution >= 4 is 34.4 Å². The van der Waals surface area contributed by atoms with Crippen molar-refractivity contribution in [3.63, 3.8) is 0 Å². The fourth-order valence-corrected chi connectivity index (χ4v) is 2.37. The normalized spacial score (nSPS) is 13.2. The molecular formula is C18H19N3O4. The smallest absolute Gasteiger partial charge is 0.328 e. The molecule has 2 heterocycles. The molecule has 0 unspecified atom stereocenters. The van der Waals surface area contributed by atoms with Crippen LogP contribution in [0.2, 0.25) is 0 Å². The molecule has 0 saturated heterocycles. The highest BCUT2D eigenvalue weighted by Gasteiger charge is 2.09. The third-order valence-corrected chi connectivity index (χ3v) is 3.55. The third-order valence-electron chi connectivity index (χ3n) is 3.55. The molecule has 3 rings (SSSR count). The van der Waals surface area contributed by atoms with Crippen LogP contribution in [0.25, 0.3) is 10.9 Å². The molecule has 25 heavy (non-hydrogen) atoms. The van der Waals surface area contributed by atoms with Gasteiger partial charge in [0.2, 0.25) is 0 Å². The molecule has 3 N–H and O–H groups in total. The van der Waals surface area contributed by atoms with E-state index in [0.29, 0.717) is 12.2 Å². The summed E-state index contributed by atoms with van der Waals surface area (Å²) in [6.07, 6.45) is 5.17. The van der Waals surface area contributed by atoms with Crippen LogP contribution in [0.15, 0.2) is 47.6 Å². The average Bonchev–Trinajstić information content (AvgIpc) is 3.09. The summed E-state index contributed by atoms with van der Waals surface area (Å²) >= 11 is 0. The van der Waals surface area contributed by atoms with E-state index in [4.69, 9.17) is 10.2 Å². The number of pyridine rings is 1. The summed E-state index contributed by atoms with van der Waals surface area (Å²) in [7, 11) is 0. The molecule has 1 aromatic heterocycles. The van der Waals surface area contributed by atoms with Crippen LogP contribution in [0.3, 0.4) is 0 Å². The van der Waals surface area contributed by atoms with E-state index >= 15 is 0 Å². The van der Waals surface area contributed by atoms with Crippen LogP contribution in [0, 0.1) is 6.92 Å². The molecule has 130 valence electrons. The number of aliphatic imine (C=N–C) groups is 1. The summed E-state index contributed by atoms with van der Waals surface area (Å²) in [6.45, 7) is 3.06. The van der Waals surface area contributed by atoms with Gasteiger partial charge in [0, 0.05) is 42.4 Å². The van der Waals surface area contributed by atoms with Gasteiger partial charge in [-0.25, -0.2) is 9.59 Å². The first kappa shape index (κ1) is 18.1. The van der Waals surface area contributed by atoms with Gasteiger partial charge in [0.15, 0.2) is 0 Å². The number of hydrogen-bond acceptors (Lipinski definition) is 5. The lowest BCUT2D eigenvalue weighted by molar-refractivity contribution is -0.134. The number of carbonyl (C=O) groups is 2. The van der Waals surface area contributed by atoms with E-state index in [2.05, 4.69) is 40.4 Å². The SMILES string of the molecule is Cc1c(NC2=NCCC2)ccc2cccnc12.O=C(O)/C=C/C(=O)O. The van der Waals surface area contributed by atoms with Crippen molar-refractivity contribution in [3.05, 3.63) is 48.2 Å².